The molecule has 1 aliphatic heterocycles. The maximum atomic E-state index is 14.0. The molecule has 1 heterocycles. The largest absolute Gasteiger partial charge is 0.370 e. The van der Waals surface area contributed by atoms with E-state index >= 15 is 0 Å². The van der Waals surface area contributed by atoms with Crippen LogP contribution in [0.2, 0.25) is 0 Å². The van der Waals surface area contributed by atoms with E-state index in [1.165, 1.54) is 0 Å². The van der Waals surface area contributed by atoms with E-state index in [0.717, 1.165) is 39.2 Å². The summed E-state index contributed by atoms with van der Waals surface area (Å²) in [5, 5.41) is 6.06. The first kappa shape index (κ1) is 35.4. The van der Waals surface area contributed by atoms with Crippen molar-refractivity contribution >= 4 is 35.2 Å². The fourth-order valence-electron chi connectivity index (χ4n) is 6.48. The van der Waals surface area contributed by atoms with Crippen molar-refractivity contribution in [2.24, 2.45) is 16.5 Å². The number of nitrogens with one attached hydrogen (secondary N) is 2. The molecule has 1 aliphatic rings. The van der Waals surface area contributed by atoms with Gasteiger partial charge in [-0.05, 0) is 64.9 Å². The molecule has 10 heteroatoms. The van der Waals surface area contributed by atoms with Gasteiger partial charge in [0.2, 0.25) is 11.8 Å². The number of guanidine groups is 1. The van der Waals surface area contributed by atoms with Gasteiger partial charge < -0.3 is 27.0 Å². The Morgan fingerprint density at radius 1 is 0.692 bits per heavy atom. The molecule has 1 unspecified atom stereocenters. The van der Waals surface area contributed by atoms with Crippen LogP contribution in [0.4, 0.5) is 16.2 Å². The number of nitrogens with two attached hydrogens (primary N) is 2. The molecular formula is C42H43N7O3. The normalized spacial score (nSPS) is 12.4. The summed E-state index contributed by atoms with van der Waals surface area (Å²) in [4.78, 5) is 49.2. The van der Waals surface area contributed by atoms with Crippen molar-refractivity contribution in [2.45, 2.75) is 44.4 Å². The molecule has 5 aromatic rings. The number of fused-ring (bicyclic) bond motifs is 1. The molecule has 0 fully saturated rings. The minimum absolute atomic E-state index is 0.0250. The number of aliphatic imine (C=N–C) groups is 1. The zero-order chi connectivity index (χ0) is 36.3. The third-order valence-corrected chi connectivity index (χ3v) is 9.06. The van der Waals surface area contributed by atoms with Crippen LogP contribution in [0.15, 0.2) is 145 Å². The van der Waals surface area contributed by atoms with Crippen LogP contribution < -0.4 is 27.0 Å². The topological polar surface area (TPSA) is 146 Å². The standard InChI is InChI=1S/C42H43N7O3/c43-41(44)45-25-13-22-37(47-40(51)38(31-14-5-1-6-15-31)32-16-7-2-8-17-32)39(50)46-27-30-23-24-33-28-48(29-34(33)26-30)42(52)49(35-18-9-3-10-19-35)36-20-11-4-12-21-36/h1-12,14-21,23-24,26,37-38H,13,22,25,27-29H2,(H,46,50)(H,47,51)(H4,43,44,45). The van der Waals surface area contributed by atoms with Crippen molar-refractivity contribution in [3.8, 4) is 0 Å². The Labute approximate surface area is 304 Å². The third-order valence-electron chi connectivity index (χ3n) is 9.06. The predicted molar refractivity (Wildman–Crippen MR) is 205 cm³/mol. The number of hydrogen-bond donors (Lipinski definition) is 4. The van der Waals surface area contributed by atoms with Crippen molar-refractivity contribution in [2.75, 3.05) is 11.4 Å². The number of carbonyl (C=O) groups is 3. The SMILES string of the molecule is NC(N)=NCCCC(NC(=O)C(c1ccccc1)c1ccccc1)C(=O)NCc1ccc2c(c1)CN(C(=O)N(c1ccccc1)c1ccccc1)C2. The van der Waals surface area contributed by atoms with E-state index < -0.39 is 12.0 Å². The number of nitrogens with zero attached hydrogens (tertiary/aromatic N) is 3. The van der Waals surface area contributed by atoms with Crippen molar-refractivity contribution in [3.63, 3.8) is 0 Å². The molecular weight excluding hydrogens is 651 g/mol. The summed E-state index contributed by atoms with van der Waals surface area (Å²) in [5.41, 5.74) is 17.2. The minimum Gasteiger partial charge on any atom is -0.370 e. The average molecular weight is 694 g/mol. The van der Waals surface area contributed by atoms with Gasteiger partial charge >= 0.3 is 6.03 Å². The number of urea groups is 1. The maximum Gasteiger partial charge on any atom is 0.329 e. The van der Waals surface area contributed by atoms with Gasteiger partial charge in [0, 0.05) is 26.2 Å². The number of amides is 4. The highest BCUT2D eigenvalue weighted by molar-refractivity contribution is 5.99. The van der Waals surface area contributed by atoms with E-state index in [9.17, 15) is 14.4 Å². The van der Waals surface area contributed by atoms with Crippen LogP contribution in [-0.2, 0) is 29.2 Å². The summed E-state index contributed by atoms with van der Waals surface area (Å²) in [6, 6.07) is 43.3. The first-order valence-electron chi connectivity index (χ1n) is 17.4. The fraction of sp³-hybridized carbons (Fsp3) is 0.190. The molecule has 0 spiro atoms. The first-order chi connectivity index (χ1) is 25.4. The molecule has 1 atom stereocenters. The highest BCUT2D eigenvalue weighted by Gasteiger charge is 2.30. The van der Waals surface area contributed by atoms with Gasteiger partial charge in [-0.1, -0.05) is 115 Å². The molecule has 0 radical (unpaired) electrons. The number of carbonyl (C=O) groups excluding carboxylic acids is 3. The van der Waals surface area contributed by atoms with Gasteiger partial charge in [0.25, 0.3) is 0 Å². The van der Waals surface area contributed by atoms with E-state index in [1.54, 1.807) is 4.90 Å². The lowest BCUT2D eigenvalue weighted by atomic mass is 9.90. The van der Waals surface area contributed by atoms with E-state index in [2.05, 4.69) is 15.6 Å². The first-order valence-corrected chi connectivity index (χ1v) is 17.4. The predicted octanol–water partition coefficient (Wildman–Crippen LogP) is 5.95. The second-order valence-electron chi connectivity index (χ2n) is 12.7. The zero-order valence-corrected chi connectivity index (χ0v) is 28.9. The van der Waals surface area contributed by atoms with Gasteiger partial charge in [0.1, 0.15) is 6.04 Å². The Morgan fingerprint density at radius 3 is 1.79 bits per heavy atom. The summed E-state index contributed by atoms with van der Waals surface area (Å²) in [5.74, 6) is -1.21. The van der Waals surface area contributed by atoms with E-state index in [-0.39, 0.29) is 30.3 Å². The zero-order valence-electron chi connectivity index (χ0n) is 28.9. The molecule has 0 aromatic heterocycles. The number of benzene rings is 5. The molecule has 0 saturated carbocycles. The van der Waals surface area contributed by atoms with Gasteiger partial charge in [0.15, 0.2) is 5.96 Å². The summed E-state index contributed by atoms with van der Waals surface area (Å²) in [7, 11) is 0. The van der Waals surface area contributed by atoms with Gasteiger partial charge in [-0.2, -0.15) is 0 Å². The Balaban J connectivity index is 1.14. The van der Waals surface area contributed by atoms with Gasteiger partial charge in [-0.25, -0.2) is 4.79 Å². The molecule has 6 rings (SSSR count). The minimum atomic E-state index is -0.818. The lowest BCUT2D eigenvalue weighted by Crippen LogP contribution is -2.48. The summed E-state index contributed by atoms with van der Waals surface area (Å²) in [6.07, 6.45) is 0.828. The quantitative estimate of drug-likeness (QED) is 0.0685. The van der Waals surface area contributed by atoms with Crippen LogP contribution >= 0.6 is 0 Å². The molecule has 0 aliphatic carbocycles. The highest BCUT2D eigenvalue weighted by atomic mass is 16.2. The van der Waals surface area contributed by atoms with Gasteiger partial charge in [0.05, 0.1) is 17.3 Å². The second kappa shape index (κ2) is 17.0. The second-order valence-corrected chi connectivity index (χ2v) is 12.7. The van der Waals surface area contributed by atoms with E-state index in [1.807, 2.05) is 144 Å². The molecule has 5 aromatic carbocycles. The van der Waals surface area contributed by atoms with Crippen LogP contribution in [0.1, 0.15) is 46.6 Å². The molecule has 10 nitrogen and oxygen atoms in total. The van der Waals surface area contributed by atoms with Crippen molar-refractivity contribution in [1.82, 2.24) is 15.5 Å². The van der Waals surface area contributed by atoms with Gasteiger partial charge in [-0.3, -0.25) is 19.5 Å². The number of anilines is 2. The molecule has 264 valence electrons. The lowest BCUT2D eigenvalue weighted by molar-refractivity contribution is -0.129. The van der Waals surface area contributed by atoms with Gasteiger partial charge in [-0.15, -0.1) is 0 Å². The monoisotopic (exact) mass is 693 g/mol. The summed E-state index contributed by atoms with van der Waals surface area (Å²) in [6.45, 7) is 1.50. The third kappa shape index (κ3) is 8.83. The smallest absolute Gasteiger partial charge is 0.329 e. The highest BCUT2D eigenvalue weighted by Crippen LogP contribution is 2.31. The Hall–Kier alpha value is -6.42. The van der Waals surface area contributed by atoms with Crippen LogP contribution in [-0.4, -0.2) is 41.3 Å². The van der Waals surface area contributed by atoms with Crippen LogP contribution in [0, 0.1) is 0 Å². The van der Waals surface area contributed by atoms with Crippen molar-refractivity contribution in [3.05, 3.63) is 167 Å². The molecule has 0 saturated heterocycles. The molecule has 6 N–H and O–H groups in total. The average Bonchev–Trinajstić information content (AvgIpc) is 3.61. The maximum absolute atomic E-state index is 14.0. The Bertz CT molecular complexity index is 1910. The summed E-state index contributed by atoms with van der Waals surface area (Å²) < 4.78 is 0. The van der Waals surface area contributed by atoms with Crippen LogP contribution in [0.3, 0.4) is 0 Å². The van der Waals surface area contributed by atoms with Crippen molar-refractivity contribution < 1.29 is 14.4 Å². The van der Waals surface area contributed by atoms with Crippen LogP contribution in [0.5, 0.6) is 0 Å². The Morgan fingerprint density at radius 2 is 1.23 bits per heavy atom. The molecule has 0 bridgehead atoms. The van der Waals surface area contributed by atoms with Crippen molar-refractivity contribution in [1.29, 1.82) is 0 Å². The number of rotatable bonds is 13. The number of hydrogen-bond acceptors (Lipinski definition) is 4. The Kier molecular flexibility index (Phi) is 11.6. The fourth-order valence-corrected chi connectivity index (χ4v) is 6.48. The lowest BCUT2D eigenvalue weighted by Gasteiger charge is -2.28. The summed E-state index contributed by atoms with van der Waals surface area (Å²) >= 11 is 0. The van der Waals surface area contributed by atoms with E-state index in [4.69, 9.17) is 11.5 Å². The van der Waals surface area contributed by atoms with E-state index in [0.29, 0.717) is 32.5 Å². The molecule has 52 heavy (non-hydrogen) atoms. The molecule has 4 amide bonds. The van der Waals surface area contributed by atoms with Crippen LogP contribution in [0.25, 0.3) is 0 Å². The number of para-hydroxylation sites is 2.